The molecule has 4 aliphatic rings. The van der Waals surface area contributed by atoms with Crippen molar-refractivity contribution in [3.05, 3.63) is 190 Å². The lowest BCUT2D eigenvalue weighted by Gasteiger charge is -2.34. The molecule has 0 aromatic heterocycles. The van der Waals surface area contributed by atoms with Gasteiger partial charge in [0.1, 0.15) is 0 Å². The van der Waals surface area contributed by atoms with Gasteiger partial charge in [0.15, 0.2) is 5.78 Å². The summed E-state index contributed by atoms with van der Waals surface area (Å²) in [6, 6.07) is 47.9. The Hall–Kier alpha value is -5.99. The van der Waals surface area contributed by atoms with Crippen molar-refractivity contribution < 1.29 is 4.79 Å². The highest BCUT2D eigenvalue weighted by Gasteiger charge is 2.40. The van der Waals surface area contributed by atoms with Crippen molar-refractivity contribution in [2.45, 2.75) is 19.3 Å². The van der Waals surface area contributed by atoms with Crippen LogP contribution in [0.2, 0.25) is 0 Å². The van der Waals surface area contributed by atoms with Gasteiger partial charge in [0.05, 0.1) is 0 Å². The lowest BCUT2D eigenvalue weighted by atomic mass is 9.69. The fourth-order valence-electron chi connectivity index (χ4n) is 8.01. The molecule has 0 fully saturated rings. The minimum Gasteiger partial charge on any atom is -0.323 e. The van der Waals surface area contributed by atoms with Crippen molar-refractivity contribution in [1.29, 1.82) is 0 Å². The fourth-order valence-corrected chi connectivity index (χ4v) is 8.01. The molecule has 5 aromatic carbocycles. The Bertz CT molecular complexity index is 2530. The largest absolute Gasteiger partial charge is 0.323 e. The Kier molecular flexibility index (Phi) is 6.35. The van der Waals surface area contributed by atoms with Gasteiger partial charge < -0.3 is 4.57 Å². The SMILES string of the molecule is CC1(C)C2=c3ccccc3=CC2=Cc2c(-c3cccc(-c4cccc(C(=O)c5ccccc5)c4)c3)c3ccn(-c4ccccc4)cc-3c21. The first-order chi connectivity index (χ1) is 23.5. The number of benzene rings is 5. The number of allylic oxidation sites excluding steroid dienone is 1. The minimum absolute atomic E-state index is 0.0335. The number of carbonyl (C=O) groups excluding carboxylic acids is 1. The van der Waals surface area contributed by atoms with Crippen LogP contribution in [0.15, 0.2) is 157 Å². The highest BCUT2D eigenvalue weighted by atomic mass is 16.1. The van der Waals surface area contributed by atoms with E-state index in [0.717, 1.165) is 16.8 Å². The van der Waals surface area contributed by atoms with Crippen molar-refractivity contribution in [3.63, 3.8) is 0 Å². The van der Waals surface area contributed by atoms with E-state index in [1.165, 1.54) is 55.0 Å². The molecule has 228 valence electrons. The number of carbonyl (C=O) groups is 1. The normalized spacial score (nSPS) is 14.1. The maximum Gasteiger partial charge on any atom is 0.193 e. The number of ketones is 1. The predicted octanol–water partition coefficient (Wildman–Crippen LogP) is 9.47. The van der Waals surface area contributed by atoms with Crippen LogP contribution in [0.1, 0.15) is 40.9 Å². The summed E-state index contributed by atoms with van der Waals surface area (Å²) in [6.45, 7) is 4.78. The zero-order valence-electron chi connectivity index (χ0n) is 26.9. The molecule has 2 nitrogen and oxygen atoms in total. The summed E-state index contributed by atoms with van der Waals surface area (Å²) < 4.78 is 2.24. The van der Waals surface area contributed by atoms with Crippen molar-refractivity contribution in [2.24, 2.45) is 0 Å². The lowest BCUT2D eigenvalue weighted by Crippen LogP contribution is -2.31. The van der Waals surface area contributed by atoms with Gasteiger partial charge in [-0.15, -0.1) is 0 Å². The van der Waals surface area contributed by atoms with E-state index in [0.29, 0.717) is 11.1 Å². The molecule has 0 amide bonds. The highest BCUT2D eigenvalue weighted by Crippen LogP contribution is 2.55. The van der Waals surface area contributed by atoms with E-state index in [-0.39, 0.29) is 11.2 Å². The molecular formula is C46H33NO. The predicted molar refractivity (Wildman–Crippen MR) is 198 cm³/mol. The van der Waals surface area contributed by atoms with Crippen LogP contribution in [0.3, 0.4) is 0 Å². The molecule has 0 spiro atoms. The quantitative estimate of drug-likeness (QED) is 0.177. The maximum absolute atomic E-state index is 13.3. The average Bonchev–Trinajstić information content (AvgIpc) is 3.68. The van der Waals surface area contributed by atoms with Gasteiger partial charge >= 0.3 is 0 Å². The Labute approximate surface area is 280 Å². The van der Waals surface area contributed by atoms with Crippen molar-refractivity contribution in [1.82, 2.24) is 4.57 Å². The van der Waals surface area contributed by atoms with Gasteiger partial charge in [0.25, 0.3) is 0 Å². The van der Waals surface area contributed by atoms with Gasteiger partial charge in [0, 0.05) is 40.2 Å². The molecule has 3 aliphatic carbocycles. The molecule has 0 atom stereocenters. The Morgan fingerprint density at radius 1 is 0.604 bits per heavy atom. The third-order valence-electron chi connectivity index (χ3n) is 10.1. The number of fused-ring (bicyclic) bond motifs is 5. The maximum atomic E-state index is 13.3. The number of nitrogens with zero attached hydrogens (tertiary/aromatic N) is 1. The molecule has 48 heavy (non-hydrogen) atoms. The second-order valence-electron chi connectivity index (χ2n) is 13.4. The monoisotopic (exact) mass is 615 g/mol. The highest BCUT2D eigenvalue weighted by molar-refractivity contribution is 6.10. The molecule has 0 unspecified atom stereocenters. The fraction of sp³-hybridized carbons (Fsp3) is 0.0652. The van der Waals surface area contributed by atoms with Crippen LogP contribution in [0, 0.1) is 0 Å². The van der Waals surface area contributed by atoms with Crippen LogP contribution in [0.4, 0.5) is 0 Å². The van der Waals surface area contributed by atoms with E-state index in [2.05, 4.69) is 134 Å². The first-order valence-electron chi connectivity index (χ1n) is 16.6. The van der Waals surface area contributed by atoms with Gasteiger partial charge in [-0.1, -0.05) is 123 Å². The van der Waals surface area contributed by atoms with Gasteiger partial charge in [-0.2, -0.15) is 0 Å². The summed E-state index contributed by atoms with van der Waals surface area (Å²) in [4.78, 5) is 13.3. The van der Waals surface area contributed by atoms with Crippen LogP contribution in [-0.4, -0.2) is 10.4 Å². The lowest BCUT2D eigenvalue weighted by molar-refractivity contribution is 0.103. The molecule has 9 rings (SSSR count). The molecule has 0 saturated heterocycles. The summed E-state index contributed by atoms with van der Waals surface area (Å²) in [5, 5.41) is 2.61. The third kappa shape index (κ3) is 4.37. The first-order valence-corrected chi connectivity index (χ1v) is 16.6. The zero-order chi connectivity index (χ0) is 32.4. The Balaban J connectivity index is 1.25. The van der Waals surface area contributed by atoms with Crippen LogP contribution >= 0.6 is 0 Å². The second kappa shape index (κ2) is 10.8. The molecule has 2 heteroatoms. The Morgan fingerprint density at radius 2 is 1.27 bits per heavy atom. The average molecular weight is 616 g/mol. The van der Waals surface area contributed by atoms with E-state index >= 15 is 0 Å². The Morgan fingerprint density at radius 3 is 2.08 bits per heavy atom. The number of hydrogen-bond donors (Lipinski definition) is 0. The van der Waals surface area contributed by atoms with Crippen molar-refractivity contribution >= 4 is 23.5 Å². The third-order valence-corrected chi connectivity index (χ3v) is 10.1. The number of rotatable bonds is 5. The molecule has 0 saturated carbocycles. The van der Waals surface area contributed by atoms with Gasteiger partial charge in [-0.3, -0.25) is 4.79 Å². The van der Waals surface area contributed by atoms with Crippen LogP contribution in [0.25, 0.3) is 56.8 Å². The van der Waals surface area contributed by atoms with E-state index in [4.69, 9.17) is 0 Å². The summed E-state index contributed by atoms with van der Waals surface area (Å²) in [5.74, 6) is 0.0335. The van der Waals surface area contributed by atoms with E-state index in [1.807, 2.05) is 48.5 Å². The second-order valence-corrected chi connectivity index (χ2v) is 13.4. The van der Waals surface area contributed by atoms with Gasteiger partial charge in [-0.05, 0) is 103 Å². The molecule has 1 heterocycles. The molecular weight excluding hydrogens is 583 g/mol. The van der Waals surface area contributed by atoms with Gasteiger partial charge in [0.2, 0.25) is 0 Å². The van der Waals surface area contributed by atoms with Crippen LogP contribution in [0.5, 0.6) is 0 Å². The van der Waals surface area contributed by atoms with E-state index < -0.39 is 0 Å². The standard InChI is InChI=1S/C46H33NO/c1-46(2)43-36(27-33-15-9-10-22-38(33)43)28-40-42(39-23-24-47(29-41(39)44(40)46)37-20-7-4-8-21-37)34-18-11-16-31(25-34)32-17-12-19-35(26-32)45(48)30-13-5-3-6-14-30/h3-29H,1-2H3. The number of aromatic nitrogens is 1. The smallest absolute Gasteiger partial charge is 0.193 e. The minimum atomic E-state index is -0.224. The molecule has 0 N–H and O–H groups in total. The zero-order valence-corrected chi connectivity index (χ0v) is 26.9. The summed E-state index contributed by atoms with van der Waals surface area (Å²) in [5.41, 5.74) is 14.7. The molecule has 0 radical (unpaired) electrons. The van der Waals surface area contributed by atoms with Crippen molar-refractivity contribution in [3.8, 4) is 39.1 Å². The van der Waals surface area contributed by atoms with Crippen molar-refractivity contribution in [2.75, 3.05) is 0 Å². The topological polar surface area (TPSA) is 22.0 Å². The van der Waals surface area contributed by atoms with Gasteiger partial charge in [-0.25, -0.2) is 0 Å². The van der Waals surface area contributed by atoms with Crippen LogP contribution in [-0.2, 0) is 5.41 Å². The molecule has 1 aliphatic heterocycles. The van der Waals surface area contributed by atoms with E-state index in [1.54, 1.807) is 0 Å². The molecule has 0 bridgehead atoms. The van der Waals surface area contributed by atoms with E-state index in [9.17, 15) is 4.79 Å². The number of pyridine rings is 1. The summed E-state index contributed by atoms with van der Waals surface area (Å²) in [7, 11) is 0. The summed E-state index contributed by atoms with van der Waals surface area (Å²) in [6.07, 6.45) is 9.28. The summed E-state index contributed by atoms with van der Waals surface area (Å²) >= 11 is 0. The first kappa shape index (κ1) is 28.3. The number of hydrogen-bond acceptors (Lipinski definition) is 1. The number of para-hydroxylation sites is 1. The van der Waals surface area contributed by atoms with Crippen LogP contribution < -0.4 is 10.4 Å². The molecule has 5 aromatic rings.